The molecule has 1 aliphatic heterocycles. The van der Waals surface area contributed by atoms with Gasteiger partial charge in [0.05, 0.1) is 4.90 Å². The molecule has 20 heavy (non-hydrogen) atoms. The van der Waals surface area contributed by atoms with Crippen LogP contribution in [0.4, 0.5) is 0 Å². The van der Waals surface area contributed by atoms with Crippen molar-refractivity contribution in [1.82, 2.24) is 4.31 Å². The number of hydrogen-bond donors (Lipinski definition) is 2. The van der Waals surface area contributed by atoms with E-state index in [-0.39, 0.29) is 11.8 Å². The molecule has 0 unspecified atom stereocenters. The Morgan fingerprint density at radius 3 is 2.60 bits per heavy atom. The van der Waals surface area contributed by atoms with Crippen molar-refractivity contribution >= 4 is 15.9 Å². The van der Waals surface area contributed by atoms with Gasteiger partial charge in [0.2, 0.25) is 10.0 Å². The maximum Gasteiger partial charge on any atom is 0.243 e. The maximum atomic E-state index is 12.5. The van der Waals surface area contributed by atoms with Crippen molar-refractivity contribution in [3.63, 3.8) is 0 Å². The summed E-state index contributed by atoms with van der Waals surface area (Å²) in [5, 5.41) is 11.6. The minimum Gasteiger partial charge on any atom is -0.409 e. The van der Waals surface area contributed by atoms with Crippen LogP contribution in [0.5, 0.6) is 0 Å². The van der Waals surface area contributed by atoms with Crippen LogP contribution in [0.15, 0.2) is 34.3 Å². The predicted molar refractivity (Wildman–Crippen MR) is 76.1 cm³/mol. The smallest absolute Gasteiger partial charge is 0.243 e. The summed E-state index contributed by atoms with van der Waals surface area (Å²) in [5.74, 6) is 0.126. The zero-order valence-electron chi connectivity index (χ0n) is 11.4. The molecule has 0 saturated carbocycles. The lowest BCUT2D eigenvalue weighted by Crippen LogP contribution is -2.41. The van der Waals surface area contributed by atoms with Gasteiger partial charge in [-0.2, -0.15) is 4.31 Å². The fourth-order valence-electron chi connectivity index (χ4n) is 2.40. The van der Waals surface area contributed by atoms with Crippen molar-refractivity contribution in [2.45, 2.75) is 24.7 Å². The molecule has 0 spiro atoms. The third-order valence-corrected chi connectivity index (χ3v) is 5.51. The molecule has 6 nitrogen and oxygen atoms in total. The van der Waals surface area contributed by atoms with Crippen molar-refractivity contribution in [3.8, 4) is 0 Å². The van der Waals surface area contributed by atoms with Crippen molar-refractivity contribution in [2.75, 3.05) is 13.1 Å². The molecule has 7 heteroatoms. The van der Waals surface area contributed by atoms with Crippen LogP contribution in [0.3, 0.4) is 0 Å². The highest BCUT2D eigenvalue weighted by atomic mass is 32.2. The zero-order chi connectivity index (χ0) is 14.8. The van der Waals surface area contributed by atoms with E-state index in [0.717, 1.165) is 5.56 Å². The Bertz CT molecular complexity index is 605. The molecule has 1 aromatic carbocycles. The Kier molecular flexibility index (Phi) is 4.29. The lowest BCUT2D eigenvalue weighted by Gasteiger charge is -2.30. The summed E-state index contributed by atoms with van der Waals surface area (Å²) in [6.07, 6.45) is 1.14. The number of oxime groups is 1. The SMILES string of the molecule is Cc1cccc(S(=O)(=O)N2CCC(C(N)=NO)CC2)c1. The first kappa shape index (κ1) is 14.8. The van der Waals surface area contributed by atoms with Crippen molar-refractivity contribution in [3.05, 3.63) is 29.8 Å². The molecule has 1 saturated heterocycles. The number of piperidine rings is 1. The van der Waals surface area contributed by atoms with E-state index in [0.29, 0.717) is 30.8 Å². The summed E-state index contributed by atoms with van der Waals surface area (Å²) in [7, 11) is -3.45. The number of amidine groups is 1. The Labute approximate surface area is 118 Å². The Hall–Kier alpha value is -1.60. The summed E-state index contributed by atoms with van der Waals surface area (Å²) in [6.45, 7) is 2.64. The molecule has 0 bridgehead atoms. The predicted octanol–water partition coefficient (Wildman–Crippen LogP) is 1.14. The van der Waals surface area contributed by atoms with Gasteiger partial charge in [0.15, 0.2) is 0 Å². The quantitative estimate of drug-likeness (QED) is 0.378. The van der Waals surface area contributed by atoms with Gasteiger partial charge in [-0.25, -0.2) is 8.42 Å². The van der Waals surface area contributed by atoms with Crippen molar-refractivity contribution < 1.29 is 13.6 Å². The highest BCUT2D eigenvalue weighted by Gasteiger charge is 2.30. The first-order valence-electron chi connectivity index (χ1n) is 6.49. The average molecular weight is 297 g/mol. The summed E-state index contributed by atoms with van der Waals surface area (Å²) < 4.78 is 26.5. The topological polar surface area (TPSA) is 96.0 Å². The zero-order valence-corrected chi connectivity index (χ0v) is 12.2. The average Bonchev–Trinajstić information content (AvgIpc) is 2.46. The highest BCUT2D eigenvalue weighted by Crippen LogP contribution is 2.24. The highest BCUT2D eigenvalue weighted by molar-refractivity contribution is 7.89. The van der Waals surface area contributed by atoms with E-state index >= 15 is 0 Å². The first-order valence-corrected chi connectivity index (χ1v) is 7.93. The second-order valence-electron chi connectivity index (χ2n) is 5.02. The number of nitrogens with two attached hydrogens (primary N) is 1. The molecule has 0 aliphatic carbocycles. The molecule has 0 amide bonds. The molecule has 1 fully saturated rings. The Morgan fingerprint density at radius 2 is 2.05 bits per heavy atom. The van der Waals surface area contributed by atoms with E-state index in [1.165, 1.54) is 4.31 Å². The van der Waals surface area contributed by atoms with E-state index in [1.54, 1.807) is 18.2 Å². The van der Waals surface area contributed by atoms with Crippen LogP contribution >= 0.6 is 0 Å². The van der Waals surface area contributed by atoms with Crippen LogP contribution in [0, 0.1) is 12.8 Å². The molecule has 1 heterocycles. The second-order valence-corrected chi connectivity index (χ2v) is 6.96. The van der Waals surface area contributed by atoms with E-state index in [2.05, 4.69) is 5.16 Å². The van der Waals surface area contributed by atoms with Gasteiger partial charge in [-0.1, -0.05) is 17.3 Å². The van der Waals surface area contributed by atoms with Crippen LogP contribution in [0.25, 0.3) is 0 Å². The van der Waals surface area contributed by atoms with Crippen LogP contribution in [0.2, 0.25) is 0 Å². The molecule has 1 aromatic rings. The van der Waals surface area contributed by atoms with E-state index < -0.39 is 10.0 Å². The maximum absolute atomic E-state index is 12.5. The van der Waals surface area contributed by atoms with E-state index in [1.807, 2.05) is 13.0 Å². The summed E-state index contributed by atoms with van der Waals surface area (Å²) >= 11 is 0. The summed E-state index contributed by atoms with van der Waals surface area (Å²) in [5.41, 5.74) is 6.48. The largest absolute Gasteiger partial charge is 0.409 e. The summed E-state index contributed by atoms with van der Waals surface area (Å²) in [4.78, 5) is 0.319. The van der Waals surface area contributed by atoms with Crippen LogP contribution in [-0.4, -0.2) is 36.9 Å². The van der Waals surface area contributed by atoms with E-state index in [9.17, 15) is 8.42 Å². The van der Waals surface area contributed by atoms with Crippen LogP contribution < -0.4 is 5.73 Å². The fourth-order valence-corrected chi connectivity index (χ4v) is 3.97. The molecule has 3 N–H and O–H groups in total. The number of hydrogen-bond acceptors (Lipinski definition) is 4. The van der Waals surface area contributed by atoms with Gasteiger partial charge < -0.3 is 10.9 Å². The molecule has 110 valence electrons. The lowest BCUT2D eigenvalue weighted by atomic mass is 9.97. The second kappa shape index (κ2) is 5.80. The number of benzene rings is 1. The van der Waals surface area contributed by atoms with Gasteiger partial charge in [0, 0.05) is 19.0 Å². The van der Waals surface area contributed by atoms with Crippen molar-refractivity contribution in [1.29, 1.82) is 0 Å². The third-order valence-electron chi connectivity index (χ3n) is 3.61. The van der Waals surface area contributed by atoms with E-state index in [4.69, 9.17) is 10.9 Å². The fraction of sp³-hybridized carbons (Fsp3) is 0.462. The van der Waals surface area contributed by atoms with Gasteiger partial charge in [-0.15, -0.1) is 0 Å². The first-order chi connectivity index (χ1) is 9.45. The normalized spacial score (nSPS) is 19.1. The number of rotatable bonds is 3. The lowest BCUT2D eigenvalue weighted by molar-refractivity contribution is 0.291. The number of nitrogens with zero attached hydrogens (tertiary/aromatic N) is 2. The van der Waals surface area contributed by atoms with Gasteiger partial charge >= 0.3 is 0 Å². The Balaban J connectivity index is 2.14. The van der Waals surface area contributed by atoms with Gasteiger partial charge in [0.1, 0.15) is 5.84 Å². The molecule has 2 rings (SSSR count). The minimum atomic E-state index is -3.45. The Morgan fingerprint density at radius 1 is 1.40 bits per heavy atom. The van der Waals surface area contributed by atoms with Crippen LogP contribution in [-0.2, 0) is 10.0 Å². The number of aryl methyl sites for hydroxylation is 1. The van der Waals surface area contributed by atoms with Gasteiger partial charge in [-0.3, -0.25) is 0 Å². The van der Waals surface area contributed by atoms with Crippen LogP contribution in [0.1, 0.15) is 18.4 Å². The molecule has 0 atom stereocenters. The van der Waals surface area contributed by atoms with Crippen molar-refractivity contribution in [2.24, 2.45) is 16.8 Å². The molecule has 0 radical (unpaired) electrons. The number of sulfonamides is 1. The standard InChI is InChI=1S/C13H19N3O3S/c1-10-3-2-4-12(9-10)20(18,19)16-7-5-11(6-8-16)13(14)15-17/h2-4,9,11,17H,5-8H2,1H3,(H2,14,15). The molecular weight excluding hydrogens is 278 g/mol. The molecule has 0 aromatic heterocycles. The molecule has 1 aliphatic rings. The van der Waals surface area contributed by atoms with Gasteiger partial charge in [-0.05, 0) is 37.5 Å². The third kappa shape index (κ3) is 2.94. The monoisotopic (exact) mass is 297 g/mol. The summed E-state index contributed by atoms with van der Waals surface area (Å²) in [6, 6.07) is 6.89. The minimum absolute atomic E-state index is 0.0519. The molecular formula is C13H19N3O3S. The van der Waals surface area contributed by atoms with Gasteiger partial charge in [0.25, 0.3) is 0 Å².